The quantitative estimate of drug-likeness (QED) is 0.839. The highest BCUT2D eigenvalue weighted by Gasteiger charge is 2.35. The van der Waals surface area contributed by atoms with Crippen molar-refractivity contribution < 1.29 is 9.59 Å². The van der Waals surface area contributed by atoms with Crippen molar-refractivity contribution >= 4 is 22.8 Å². The lowest BCUT2D eigenvalue weighted by atomic mass is 10.2. The van der Waals surface area contributed by atoms with E-state index in [1.165, 1.54) is 6.20 Å². The summed E-state index contributed by atoms with van der Waals surface area (Å²) < 4.78 is 0. The molecule has 2 fully saturated rings. The number of fused-ring (bicyclic) bond motifs is 1. The molecule has 1 aromatic carbocycles. The molecule has 23 heavy (non-hydrogen) atoms. The van der Waals surface area contributed by atoms with Crippen LogP contribution in [0.2, 0.25) is 0 Å². The number of hydrogen-bond donors (Lipinski definition) is 0. The number of piperazine rings is 1. The first-order valence-corrected chi connectivity index (χ1v) is 8.02. The van der Waals surface area contributed by atoms with E-state index in [1.54, 1.807) is 4.90 Å². The summed E-state index contributed by atoms with van der Waals surface area (Å²) in [6, 6.07) is 7.51. The van der Waals surface area contributed by atoms with Crippen LogP contribution < -0.4 is 0 Å². The Morgan fingerprint density at radius 3 is 2.30 bits per heavy atom. The number of benzene rings is 1. The normalized spacial score (nSPS) is 18.3. The van der Waals surface area contributed by atoms with Crippen LogP contribution in [0.1, 0.15) is 23.3 Å². The van der Waals surface area contributed by atoms with Crippen LogP contribution in [-0.2, 0) is 4.79 Å². The van der Waals surface area contributed by atoms with Gasteiger partial charge in [-0.1, -0.05) is 12.1 Å². The maximum absolute atomic E-state index is 12.6. The van der Waals surface area contributed by atoms with Crippen LogP contribution in [0.15, 0.2) is 30.5 Å². The van der Waals surface area contributed by atoms with Crippen LogP contribution in [0.4, 0.5) is 0 Å². The molecule has 6 heteroatoms. The molecule has 2 heterocycles. The largest absolute Gasteiger partial charge is 0.339 e. The lowest BCUT2D eigenvalue weighted by molar-refractivity contribution is -0.134. The molecule has 1 saturated heterocycles. The molecule has 2 aromatic rings. The van der Waals surface area contributed by atoms with E-state index in [2.05, 4.69) is 9.97 Å². The predicted octanol–water partition coefficient (Wildman–Crippen LogP) is 1.32. The molecule has 0 unspecified atom stereocenters. The third kappa shape index (κ3) is 2.76. The number of rotatable bonds is 2. The molecule has 6 nitrogen and oxygen atoms in total. The second-order valence-corrected chi connectivity index (χ2v) is 6.14. The molecule has 1 saturated carbocycles. The Bertz CT molecular complexity index is 764. The van der Waals surface area contributed by atoms with Crippen molar-refractivity contribution in [2.75, 3.05) is 26.2 Å². The topological polar surface area (TPSA) is 66.4 Å². The van der Waals surface area contributed by atoms with Crippen molar-refractivity contribution in [2.45, 2.75) is 12.8 Å². The van der Waals surface area contributed by atoms with Gasteiger partial charge in [0.05, 0.1) is 17.2 Å². The van der Waals surface area contributed by atoms with Gasteiger partial charge in [-0.25, -0.2) is 4.98 Å². The first-order chi connectivity index (χ1) is 11.2. The zero-order chi connectivity index (χ0) is 15.8. The maximum atomic E-state index is 12.6. The molecule has 2 aliphatic rings. The number of carbonyl (C=O) groups is 2. The highest BCUT2D eigenvalue weighted by molar-refractivity contribution is 5.94. The summed E-state index contributed by atoms with van der Waals surface area (Å²) >= 11 is 0. The Kier molecular flexibility index (Phi) is 3.44. The fraction of sp³-hybridized carbons (Fsp3) is 0.412. The summed E-state index contributed by atoms with van der Waals surface area (Å²) in [5, 5.41) is 0. The number of para-hydroxylation sites is 2. The Balaban J connectivity index is 1.45. The van der Waals surface area contributed by atoms with Gasteiger partial charge < -0.3 is 9.80 Å². The molecule has 0 N–H and O–H groups in total. The minimum absolute atomic E-state index is 0.109. The number of amides is 2. The van der Waals surface area contributed by atoms with E-state index in [4.69, 9.17) is 0 Å². The van der Waals surface area contributed by atoms with Crippen molar-refractivity contribution in [3.8, 4) is 0 Å². The van der Waals surface area contributed by atoms with E-state index in [9.17, 15) is 9.59 Å². The van der Waals surface area contributed by atoms with Crippen LogP contribution >= 0.6 is 0 Å². The van der Waals surface area contributed by atoms with E-state index in [0.717, 1.165) is 23.9 Å². The second kappa shape index (κ2) is 5.61. The maximum Gasteiger partial charge on any atom is 0.274 e. The minimum Gasteiger partial charge on any atom is -0.339 e. The van der Waals surface area contributed by atoms with Crippen molar-refractivity contribution in [2.24, 2.45) is 5.92 Å². The minimum atomic E-state index is -0.109. The van der Waals surface area contributed by atoms with Gasteiger partial charge in [-0.05, 0) is 25.0 Å². The molecule has 118 valence electrons. The lowest BCUT2D eigenvalue weighted by Crippen LogP contribution is -2.51. The van der Waals surface area contributed by atoms with Crippen LogP contribution in [0.25, 0.3) is 11.0 Å². The molecule has 0 atom stereocenters. The molecule has 4 rings (SSSR count). The first kappa shape index (κ1) is 14.1. The smallest absolute Gasteiger partial charge is 0.274 e. The second-order valence-electron chi connectivity index (χ2n) is 6.14. The fourth-order valence-electron chi connectivity index (χ4n) is 2.94. The predicted molar refractivity (Wildman–Crippen MR) is 84.7 cm³/mol. The highest BCUT2D eigenvalue weighted by atomic mass is 16.2. The number of aromatic nitrogens is 2. The van der Waals surface area contributed by atoms with Crippen molar-refractivity contribution in [1.29, 1.82) is 0 Å². The Labute approximate surface area is 134 Å². The number of carbonyl (C=O) groups excluding carboxylic acids is 2. The van der Waals surface area contributed by atoms with Crippen molar-refractivity contribution in [1.82, 2.24) is 19.8 Å². The van der Waals surface area contributed by atoms with Crippen LogP contribution in [-0.4, -0.2) is 57.8 Å². The molecule has 1 aliphatic heterocycles. The summed E-state index contributed by atoms with van der Waals surface area (Å²) in [4.78, 5) is 37.0. The van der Waals surface area contributed by atoms with Gasteiger partial charge in [0.2, 0.25) is 5.91 Å². The molecule has 2 amide bonds. The molecule has 0 radical (unpaired) electrons. The SMILES string of the molecule is O=C(c1cnc2ccccc2n1)N1CCN(C(=O)C2CC2)CC1. The Morgan fingerprint density at radius 2 is 1.61 bits per heavy atom. The van der Waals surface area contributed by atoms with E-state index >= 15 is 0 Å². The van der Waals surface area contributed by atoms with E-state index in [1.807, 2.05) is 29.2 Å². The average molecular weight is 310 g/mol. The number of nitrogens with zero attached hydrogens (tertiary/aromatic N) is 4. The zero-order valence-corrected chi connectivity index (χ0v) is 12.8. The fourth-order valence-corrected chi connectivity index (χ4v) is 2.94. The third-order valence-corrected chi connectivity index (χ3v) is 4.47. The van der Waals surface area contributed by atoms with Gasteiger partial charge in [0.25, 0.3) is 5.91 Å². The van der Waals surface area contributed by atoms with Crippen LogP contribution in [0, 0.1) is 5.92 Å². The monoisotopic (exact) mass is 310 g/mol. The first-order valence-electron chi connectivity index (χ1n) is 8.02. The van der Waals surface area contributed by atoms with Crippen molar-refractivity contribution in [3.63, 3.8) is 0 Å². The van der Waals surface area contributed by atoms with Gasteiger partial charge in [-0.15, -0.1) is 0 Å². The average Bonchev–Trinajstić information content (AvgIpc) is 3.45. The van der Waals surface area contributed by atoms with Gasteiger partial charge in [-0.3, -0.25) is 14.6 Å². The summed E-state index contributed by atoms with van der Waals surface area (Å²) in [6.07, 6.45) is 3.57. The molecule has 0 spiro atoms. The van der Waals surface area contributed by atoms with Gasteiger partial charge >= 0.3 is 0 Å². The van der Waals surface area contributed by atoms with Crippen molar-refractivity contribution in [3.05, 3.63) is 36.2 Å². The van der Waals surface area contributed by atoms with E-state index < -0.39 is 0 Å². The third-order valence-electron chi connectivity index (χ3n) is 4.47. The molecular weight excluding hydrogens is 292 g/mol. The van der Waals surface area contributed by atoms with E-state index in [-0.39, 0.29) is 17.7 Å². The summed E-state index contributed by atoms with van der Waals surface area (Å²) in [5.41, 5.74) is 1.87. The summed E-state index contributed by atoms with van der Waals surface area (Å²) in [7, 11) is 0. The van der Waals surface area contributed by atoms with Gasteiger partial charge in [0.1, 0.15) is 5.69 Å². The van der Waals surface area contributed by atoms with Gasteiger partial charge in [-0.2, -0.15) is 0 Å². The highest BCUT2D eigenvalue weighted by Crippen LogP contribution is 2.31. The summed E-state index contributed by atoms with van der Waals surface area (Å²) in [6.45, 7) is 2.35. The van der Waals surface area contributed by atoms with E-state index in [0.29, 0.717) is 31.9 Å². The van der Waals surface area contributed by atoms with Gasteiger partial charge in [0.15, 0.2) is 0 Å². The number of hydrogen-bond acceptors (Lipinski definition) is 4. The molecule has 1 aromatic heterocycles. The van der Waals surface area contributed by atoms with Crippen LogP contribution in [0.3, 0.4) is 0 Å². The molecular formula is C17H18N4O2. The zero-order valence-electron chi connectivity index (χ0n) is 12.8. The molecule has 0 bridgehead atoms. The Morgan fingerprint density at radius 1 is 0.957 bits per heavy atom. The standard InChI is InChI=1S/C17H18N4O2/c22-16(12-5-6-12)20-7-9-21(10-8-20)17(23)15-11-18-13-3-1-2-4-14(13)19-15/h1-4,11-12H,5-10H2. The van der Waals surface area contributed by atoms with Gasteiger partial charge in [0, 0.05) is 32.1 Å². The van der Waals surface area contributed by atoms with Crippen LogP contribution in [0.5, 0.6) is 0 Å². The summed E-state index contributed by atoms with van der Waals surface area (Å²) in [5.74, 6) is 0.382. The lowest BCUT2D eigenvalue weighted by Gasteiger charge is -2.34. The Hall–Kier alpha value is -2.50. The molecule has 1 aliphatic carbocycles.